The van der Waals surface area contributed by atoms with Gasteiger partial charge in [-0.05, 0) is 13.0 Å². The molecule has 4 heteroatoms. The number of nitrogens with one attached hydrogen (secondary N) is 2. The van der Waals surface area contributed by atoms with E-state index in [0.29, 0.717) is 0 Å². The lowest BCUT2D eigenvalue weighted by atomic mass is 10.2. The van der Waals surface area contributed by atoms with Gasteiger partial charge in [-0.15, -0.1) is 0 Å². The Balaban J connectivity index is 2.65. The highest BCUT2D eigenvalue weighted by Gasteiger charge is 2.10. The van der Waals surface area contributed by atoms with Gasteiger partial charge in [0.25, 0.3) is 5.91 Å². The van der Waals surface area contributed by atoms with Crippen LogP contribution in [-0.2, 0) is 11.8 Å². The Labute approximate surface area is 98.2 Å². The van der Waals surface area contributed by atoms with E-state index >= 15 is 0 Å². The second kappa shape index (κ2) is 3.38. The van der Waals surface area contributed by atoms with E-state index in [-0.39, 0.29) is 5.91 Å². The number of amides is 1. The van der Waals surface area contributed by atoms with E-state index in [1.54, 1.807) is 6.08 Å². The lowest BCUT2D eigenvalue weighted by Crippen LogP contribution is -2.34. The third-order valence-electron chi connectivity index (χ3n) is 3.17. The summed E-state index contributed by atoms with van der Waals surface area (Å²) in [7, 11) is 1.98. The molecular weight excluding hydrogens is 214 g/mol. The molecule has 3 rings (SSSR count). The molecule has 0 aliphatic carbocycles. The maximum absolute atomic E-state index is 11.6. The molecule has 1 aromatic carbocycles. The van der Waals surface area contributed by atoms with Gasteiger partial charge < -0.3 is 9.99 Å². The summed E-state index contributed by atoms with van der Waals surface area (Å²) >= 11 is 0. The van der Waals surface area contributed by atoms with Crippen molar-refractivity contribution in [3.63, 3.8) is 0 Å². The molecule has 0 radical (unpaired) electrons. The molecule has 2 aromatic rings. The van der Waals surface area contributed by atoms with Gasteiger partial charge in [0.05, 0.1) is 5.35 Å². The van der Waals surface area contributed by atoms with Gasteiger partial charge in [-0.2, -0.15) is 0 Å². The second-order valence-electron chi connectivity index (χ2n) is 4.22. The first-order chi connectivity index (χ1) is 8.18. The largest absolute Gasteiger partial charge is 0.343 e. The van der Waals surface area contributed by atoms with Gasteiger partial charge in [-0.3, -0.25) is 10.2 Å². The summed E-state index contributed by atoms with van der Waals surface area (Å²) < 4.78 is 2.04. The molecule has 17 heavy (non-hydrogen) atoms. The van der Waals surface area contributed by atoms with Gasteiger partial charge in [-0.1, -0.05) is 18.2 Å². The Morgan fingerprint density at radius 3 is 2.76 bits per heavy atom. The van der Waals surface area contributed by atoms with Gasteiger partial charge in [0.2, 0.25) is 0 Å². The van der Waals surface area contributed by atoms with Crippen molar-refractivity contribution in [2.45, 2.75) is 6.92 Å². The summed E-state index contributed by atoms with van der Waals surface area (Å²) in [6.07, 6.45) is 1.62. The topological polar surface area (TPSA) is 46.1 Å². The molecule has 0 spiro atoms. The number of carbonyl (C=O) groups is 1. The summed E-state index contributed by atoms with van der Waals surface area (Å²) in [6, 6.07) is 8.15. The average Bonchev–Trinajstić information content (AvgIpc) is 2.50. The zero-order chi connectivity index (χ0) is 12.0. The number of hydrogen-bond donors (Lipinski definition) is 2. The fraction of sp³-hybridized carbons (Fsp3) is 0.154. The summed E-state index contributed by atoms with van der Waals surface area (Å²) in [5.74, 6) is -0.131. The summed E-state index contributed by atoms with van der Waals surface area (Å²) in [5.41, 5.74) is 7.64. The predicted octanol–water partition coefficient (Wildman–Crippen LogP) is -0.279. The van der Waals surface area contributed by atoms with Crippen LogP contribution in [-0.4, -0.2) is 10.5 Å². The van der Waals surface area contributed by atoms with E-state index in [2.05, 4.69) is 23.0 Å². The molecule has 0 bridgehead atoms. The smallest absolute Gasteiger partial charge is 0.264 e. The van der Waals surface area contributed by atoms with Crippen LogP contribution in [0.1, 0.15) is 6.92 Å². The monoisotopic (exact) mass is 227 g/mol. The van der Waals surface area contributed by atoms with Gasteiger partial charge in [0.15, 0.2) is 0 Å². The third kappa shape index (κ3) is 1.34. The van der Waals surface area contributed by atoms with Crippen molar-refractivity contribution in [3.05, 3.63) is 34.8 Å². The lowest BCUT2D eigenvalue weighted by molar-refractivity contribution is -0.115. The zero-order valence-corrected chi connectivity index (χ0v) is 9.74. The molecule has 86 valence electrons. The third-order valence-corrected chi connectivity index (χ3v) is 3.17. The minimum Gasteiger partial charge on any atom is -0.343 e. The molecule has 4 nitrogen and oxygen atoms in total. The van der Waals surface area contributed by atoms with Crippen molar-refractivity contribution in [1.82, 2.24) is 15.4 Å². The van der Waals surface area contributed by atoms with E-state index in [1.165, 1.54) is 0 Å². The summed E-state index contributed by atoms with van der Waals surface area (Å²) in [5, 5.41) is 3.18. The Hall–Kier alpha value is -2.23. The molecule has 0 saturated carbocycles. The molecule has 2 heterocycles. The Bertz CT molecular complexity index is 740. The maximum atomic E-state index is 11.6. The molecule has 0 unspecified atom stereocenters. The number of rotatable bonds is 0. The zero-order valence-electron chi connectivity index (χ0n) is 9.74. The van der Waals surface area contributed by atoms with E-state index < -0.39 is 0 Å². The number of hydrogen-bond acceptors (Lipinski definition) is 2. The predicted molar refractivity (Wildman–Crippen MR) is 67.0 cm³/mol. The normalized spacial score (nSPS) is 14.7. The second-order valence-corrected chi connectivity index (χ2v) is 4.22. The number of aromatic nitrogens is 1. The van der Waals surface area contributed by atoms with Crippen molar-refractivity contribution in [2.75, 3.05) is 0 Å². The molecule has 1 aromatic heterocycles. The average molecular weight is 227 g/mol. The van der Waals surface area contributed by atoms with Gasteiger partial charge in [0, 0.05) is 34.9 Å². The molecule has 0 saturated heterocycles. The molecule has 1 aliphatic heterocycles. The Morgan fingerprint density at radius 1 is 1.18 bits per heavy atom. The number of nitrogens with zero attached hydrogens (tertiary/aromatic N) is 1. The van der Waals surface area contributed by atoms with Crippen molar-refractivity contribution in [2.24, 2.45) is 7.05 Å². The van der Waals surface area contributed by atoms with Gasteiger partial charge in [-0.25, -0.2) is 0 Å². The molecule has 2 N–H and O–H groups in total. The first-order valence-corrected chi connectivity index (χ1v) is 5.50. The highest BCUT2D eigenvalue weighted by atomic mass is 16.2. The van der Waals surface area contributed by atoms with Crippen LogP contribution in [0.3, 0.4) is 0 Å². The molecular formula is C13H13N3O. The number of fused-ring (bicyclic) bond motifs is 3. The van der Waals surface area contributed by atoms with Gasteiger partial charge >= 0.3 is 0 Å². The first-order valence-electron chi connectivity index (χ1n) is 5.50. The lowest BCUT2D eigenvalue weighted by Gasteiger charge is -2.03. The van der Waals surface area contributed by atoms with Crippen LogP contribution in [0, 0.1) is 0 Å². The van der Waals surface area contributed by atoms with Crippen LogP contribution >= 0.6 is 0 Å². The van der Waals surface area contributed by atoms with E-state index in [9.17, 15) is 4.79 Å². The molecule has 1 amide bonds. The SMILES string of the molecule is CC1=c2c(n(C)c3ccccc23)=CC(=O)NN1. The summed E-state index contributed by atoms with van der Waals surface area (Å²) in [6.45, 7) is 1.96. The Morgan fingerprint density at radius 2 is 1.94 bits per heavy atom. The molecule has 0 atom stereocenters. The molecule has 1 aliphatic rings. The van der Waals surface area contributed by atoms with E-state index in [1.807, 2.05) is 30.7 Å². The minimum absolute atomic E-state index is 0.131. The van der Waals surface area contributed by atoms with Crippen LogP contribution in [0.2, 0.25) is 0 Å². The minimum atomic E-state index is -0.131. The fourth-order valence-corrected chi connectivity index (χ4v) is 2.35. The van der Waals surface area contributed by atoms with Crippen molar-refractivity contribution in [1.29, 1.82) is 0 Å². The van der Waals surface area contributed by atoms with Crippen LogP contribution in [0.15, 0.2) is 24.3 Å². The highest BCUT2D eigenvalue weighted by molar-refractivity contribution is 6.05. The standard InChI is InChI=1S/C13H13N3O/c1-8-13-9-5-3-4-6-10(9)16(2)11(13)7-12(17)15-14-8/h3-7,14H,1-2H3,(H,15,17). The van der Waals surface area contributed by atoms with Crippen molar-refractivity contribution >= 4 is 28.6 Å². The maximum Gasteiger partial charge on any atom is 0.264 e. The number of aryl methyl sites for hydroxylation is 1. The number of hydrazine groups is 1. The van der Waals surface area contributed by atoms with Crippen molar-refractivity contribution in [3.8, 4) is 0 Å². The highest BCUT2D eigenvalue weighted by Crippen LogP contribution is 2.07. The fourth-order valence-electron chi connectivity index (χ4n) is 2.35. The number of para-hydroxylation sites is 1. The number of benzene rings is 1. The Kier molecular flexibility index (Phi) is 1.98. The van der Waals surface area contributed by atoms with E-state index in [4.69, 9.17) is 0 Å². The first kappa shape index (κ1) is 9.96. The van der Waals surface area contributed by atoms with Crippen molar-refractivity contribution < 1.29 is 4.79 Å². The van der Waals surface area contributed by atoms with Crippen LogP contribution in [0.5, 0.6) is 0 Å². The summed E-state index contributed by atoms with van der Waals surface area (Å²) in [4.78, 5) is 11.6. The van der Waals surface area contributed by atoms with E-state index in [0.717, 1.165) is 27.2 Å². The van der Waals surface area contributed by atoms with Crippen LogP contribution < -0.4 is 21.4 Å². The van der Waals surface area contributed by atoms with Crippen LogP contribution in [0.4, 0.5) is 0 Å². The molecule has 0 fully saturated rings. The van der Waals surface area contributed by atoms with Crippen LogP contribution in [0.25, 0.3) is 22.7 Å². The number of carbonyl (C=O) groups excluding carboxylic acids is 1. The quantitative estimate of drug-likeness (QED) is 0.650. The van der Waals surface area contributed by atoms with Gasteiger partial charge in [0.1, 0.15) is 0 Å².